The second-order valence-electron chi connectivity index (χ2n) is 7.59. The van der Waals surface area contributed by atoms with Gasteiger partial charge in [-0.15, -0.1) is 0 Å². The van der Waals surface area contributed by atoms with Crippen LogP contribution in [0.25, 0.3) is 11.1 Å². The molecule has 0 aliphatic heterocycles. The van der Waals surface area contributed by atoms with E-state index >= 15 is 0 Å². The summed E-state index contributed by atoms with van der Waals surface area (Å²) in [7, 11) is 0. The van der Waals surface area contributed by atoms with Crippen LogP contribution >= 0.6 is 0 Å². The zero-order valence-corrected chi connectivity index (χ0v) is 17.4. The lowest BCUT2D eigenvalue weighted by Gasteiger charge is -2.18. The number of carboxylic acid groups (broad SMARTS) is 1. The molecule has 0 heterocycles. The lowest BCUT2D eigenvalue weighted by molar-refractivity contribution is -0.139. The molecule has 6 nitrogen and oxygen atoms in total. The van der Waals surface area contributed by atoms with Gasteiger partial charge in [-0.25, -0.2) is 9.59 Å². The minimum absolute atomic E-state index is 0.0455. The van der Waals surface area contributed by atoms with Crippen molar-refractivity contribution in [1.82, 2.24) is 5.32 Å². The highest BCUT2D eigenvalue weighted by Crippen LogP contribution is 2.44. The number of rotatable bonds is 8. The van der Waals surface area contributed by atoms with Crippen LogP contribution in [0.15, 0.2) is 72.8 Å². The van der Waals surface area contributed by atoms with Crippen molar-refractivity contribution in [2.24, 2.45) is 0 Å². The van der Waals surface area contributed by atoms with Gasteiger partial charge >= 0.3 is 18.7 Å². The van der Waals surface area contributed by atoms with Gasteiger partial charge in [0.15, 0.2) is 0 Å². The summed E-state index contributed by atoms with van der Waals surface area (Å²) in [4.78, 5) is 24.1. The monoisotopic (exact) mass is 453 g/mol. The standard InChI is InChI=1S/C25H21F2NO5/c26-24(27)33-16-7-5-6-15(12-16)13-22(23(29)30)28-25(31)32-14-21-19-10-3-1-8-17(19)18-9-2-4-11-20(18)21/h1-12,21-22,24H,13-14H2,(H,28,31)(H,29,30)/t22-/m0/s1. The fraction of sp³-hybridized carbons (Fsp3) is 0.200. The van der Waals surface area contributed by atoms with E-state index in [0.717, 1.165) is 22.3 Å². The number of aliphatic carboxylic acids is 1. The van der Waals surface area contributed by atoms with Crippen LogP contribution in [-0.2, 0) is 16.0 Å². The Labute approximate surface area is 188 Å². The largest absolute Gasteiger partial charge is 0.480 e. The first-order chi connectivity index (χ1) is 15.9. The highest BCUT2D eigenvalue weighted by molar-refractivity contribution is 5.81. The van der Waals surface area contributed by atoms with Crippen molar-refractivity contribution < 1.29 is 33.0 Å². The van der Waals surface area contributed by atoms with Crippen molar-refractivity contribution in [3.05, 3.63) is 89.5 Å². The number of amides is 1. The van der Waals surface area contributed by atoms with Crippen LogP contribution in [-0.4, -0.2) is 36.4 Å². The molecule has 2 N–H and O–H groups in total. The molecule has 1 amide bonds. The summed E-state index contributed by atoms with van der Waals surface area (Å²) in [6.07, 6.45) is -0.996. The predicted octanol–water partition coefficient (Wildman–Crippen LogP) is 4.82. The van der Waals surface area contributed by atoms with Crippen molar-refractivity contribution in [3.8, 4) is 16.9 Å². The van der Waals surface area contributed by atoms with E-state index in [-0.39, 0.29) is 24.7 Å². The van der Waals surface area contributed by atoms with Gasteiger partial charge in [-0.05, 0) is 39.9 Å². The zero-order valence-electron chi connectivity index (χ0n) is 17.4. The van der Waals surface area contributed by atoms with Crippen LogP contribution in [0.3, 0.4) is 0 Å². The molecule has 0 spiro atoms. The topological polar surface area (TPSA) is 84.9 Å². The van der Waals surface area contributed by atoms with Crippen molar-refractivity contribution in [1.29, 1.82) is 0 Å². The number of alkyl carbamates (subject to hydrolysis) is 1. The van der Waals surface area contributed by atoms with E-state index in [1.807, 2.05) is 48.5 Å². The Morgan fingerprint density at radius 2 is 1.58 bits per heavy atom. The van der Waals surface area contributed by atoms with Crippen molar-refractivity contribution in [3.63, 3.8) is 0 Å². The molecule has 1 atom stereocenters. The number of ether oxygens (including phenoxy) is 2. The Morgan fingerprint density at radius 1 is 0.939 bits per heavy atom. The number of carbonyl (C=O) groups excluding carboxylic acids is 1. The summed E-state index contributed by atoms with van der Waals surface area (Å²) < 4.78 is 34.6. The molecule has 170 valence electrons. The molecule has 0 saturated carbocycles. The molecule has 8 heteroatoms. The summed E-state index contributed by atoms with van der Waals surface area (Å²) >= 11 is 0. The number of hydrogen-bond donors (Lipinski definition) is 2. The Kier molecular flexibility index (Phi) is 6.53. The van der Waals surface area contributed by atoms with E-state index in [0.29, 0.717) is 5.56 Å². The first-order valence-electron chi connectivity index (χ1n) is 10.3. The molecule has 33 heavy (non-hydrogen) atoms. The quantitative estimate of drug-likeness (QED) is 0.511. The van der Waals surface area contributed by atoms with Crippen LogP contribution in [0.1, 0.15) is 22.6 Å². The number of alkyl halides is 2. The molecule has 0 bridgehead atoms. The molecule has 0 unspecified atom stereocenters. The third-order valence-electron chi connectivity index (χ3n) is 5.50. The molecule has 0 radical (unpaired) electrons. The van der Waals surface area contributed by atoms with Crippen LogP contribution in [0, 0.1) is 0 Å². The van der Waals surface area contributed by atoms with E-state index < -0.39 is 24.7 Å². The maximum atomic E-state index is 12.4. The Hall–Kier alpha value is -3.94. The summed E-state index contributed by atoms with van der Waals surface area (Å²) in [5, 5.41) is 11.9. The van der Waals surface area contributed by atoms with Crippen LogP contribution in [0.2, 0.25) is 0 Å². The summed E-state index contributed by atoms with van der Waals surface area (Å²) in [6.45, 7) is -2.95. The number of carboxylic acids is 1. The molecular formula is C25H21F2NO5. The van der Waals surface area contributed by atoms with Gasteiger partial charge in [0.2, 0.25) is 0 Å². The van der Waals surface area contributed by atoms with Crippen molar-refractivity contribution in [2.75, 3.05) is 6.61 Å². The van der Waals surface area contributed by atoms with Gasteiger partial charge in [-0.2, -0.15) is 8.78 Å². The molecule has 0 saturated heterocycles. The molecule has 3 aromatic carbocycles. The third-order valence-corrected chi connectivity index (χ3v) is 5.50. The average molecular weight is 453 g/mol. The van der Waals surface area contributed by atoms with Gasteiger partial charge < -0.3 is 19.9 Å². The van der Waals surface area contributed by atoms with E-state index in [9.17, 15) is 23.5 Å². The first kappa shape index (κ1) is 22.3. The number of carbonyl (C=O) groups is 2. The van der Waals surface area contributed by atoms with Gasteiger partial charge in [0.25, 0.3) is 0 Å². The van der Waals surface area contributed by atoms with E-state index in [1.54, 1.807) is 6.07 Å². The van der Waals surface area contributed by atoms with Crippen LogP contribution in [0.5, 0.6) is 5.75 Å². The second-order valence-corrected chi connectivity index (χ2v) is 7.59. The van der Waals surface area contributed by atoms with Crippen LogP contribution < -0.4 is 10.1 Å². The number of fused-ring (bicyclic) bond motifs is 3. The van der Waals surface area contributed by atoms with E-state index in [2.05, 4.69) is 10.1 Å². The molecule has 0 fully saturated rings. The van der Waals surface area contributed by atoms with Crippen molar-refractivity contribution in [2.45, 2.75) is 25.0 Å². The van der Waals surface area contributed by atoms with E-state index in [1.165, 1.54) is 18.2 Å². The molecule has 0 aromatic heterocycles. The zero-order chi connectivity index (χ0) is 23.4. The van der Waals surface area contributed by atoms with E-state index in [4.69, 9.17) is 4.74 Å². The Bertz CT molecular complexity index is 1120. The maximum absolute atomic E-state index is 12.4. The van der Waals surface area contributed by atoms with Gasteiger partial charge in [0.05, 0.1) is 0 Å². The predicted molar refractivity (Wildman–Crippen MR) is 116 cm³/mol. The molecule has 4 rings (SSSR count). The SMILES string of the molecule is O=C(N[C@@H](Cc1cccc(OC(F)F)c1)C(=O)O)OCC1c2ccccc2-c2ccccc21. The third kappa shape index (κ3) is 5.11. The smallest absolute Gasteiger partial charge is 0.407 e. The first-order valence-corrected chi connectivity index (χ1v) is 10.3. The molecule has 1 aliphatic rings. The normalized spacial score (nSPS) is 13.2. The second kappa shape index (κ2) is 9.68. The molecular weight excluding hydrogens is 432 g/mol. The number of benzene rings is 3. The fourth-order valence-corrected chi connectivity index (χ4v) is 4.07. The molecule has 3 aromatic rings. The summed E-state index contributed by atoms with van der Waals surface area (Å²) in [5.41, 5.74) is 4.65. The fourth-order valence-electron chi connectivity index (χ4n) is 4.07. The number of nitrogens with one attached hydrogen (secondary N) is 1. The van der Waals surface area contributed by atoms with Crippen LogP contribution in [0.4, 0.5) is 13.6 Å². The molecule has 1 aliphatic carbocycles. The summed E-state index contributed by atoms with van der Waals surface area (Å²) in [6, 6.07) is 20.1. The van der Waals surface area contributed by atoms with Crippen molar-refractivity contribution >= 4 is 12.1 Å². The highest BCUT2D eigenvalue weighted by Gasteiger charge is 2.29. The Morgan fingerprint density at radius 3 is 2.18 bits per heavy atom. The summed E-state index contributed by atoms with van der Waals surface area (Å²) in [5.74, 6) is -1.52. The van der Waals surface area contributed by atoms with Gasteiger partial charge in [-0.3, -0.25) is 0 Å². The minimum atomic E-state index is -2.99. The number of hydrogen-bond acceptors (Lipinski definition) is 4. The lowest BCUT2D eigenvalue weighted by Crippen LogP contribution is -2.42. The van der Waals surface area contributed by atoms with Gasteiger partial charge in [0.1, 0.15) is 18.4 Å². The highest BCUT2D eigenvalue weighted by atomic mass is 19.3. The maximum Gasteiger partial charge on any atom is 0.407 e. The van der Waals surface area contributed by atoms with Gasteiger partial charge in [0, 0.05) is 12.3 Å². The minimum Gasteiger partial charge on any atom is -0.480 e. The number of halogens is 2. The lowest BCUT2D eigenvalue weighted by atomic mass is 9.98. The Balaban J connectivity index is 1.41. The average Bonchev–Trinajstić information content (AvgIpc) is 3.11. The van der Waals surface area contributed by atoms with Gasteiger partial charge in [-0.1, -0.05) is 60.7 Å².